The molecule has 1 N–H and O–H groups in total. The first-order chi connectivity index (χ1) is 11.6. The summed E-state index contributed by atoms with van der Waals surface area (Å²) in [5.74, 6) is 0.654. The van der Waals surface area contributed by atoms with Gasteiger partial charge in [-0.15, -0.1) is 11.3 Å². The van der Waals surface area contributed by atoms with Crippen LogP contribution >= 0.6 is 11.3 Å². The van der Waals surface area contributed by atoms with Crippen LogP contribution in [-0.2, 0) is 17.6 Å². The number of rotatable bonds is 2. The molecule has 3 aromatic rings. The Balaban J connectivity index is 1.77. The molecule has 4 rings (SSSR count). The molecule has 2 heterocycles. The van der Waals surface area contributed by atoms with Crippen LogP contribution in [0.25, 0.3) is 21.6 Å². The number of aromatic amines is 1. The number of nitrogens with zero attached hydrogens (tertiary/aromatic N) is 1. The van der Waals surface area contributed by atoms with E-state index >= 15 is 0 Å². The van der Waals surface area contributed by atoms with Crippen molar-refractivity contribution >= 4 is 27.5 Å². The molecule has 0 radical (unpaired) electrons. The van der Waals surface area contributed by atoms with E-state index in [1.165, 1.54) is 23.8 Å². The third-order valence-corrected chi connectivity index (χ3v) is 5.40. The zero-order chi connectivity index (χ0) is 16.7. The normalized spacial score (nSPS) is 13.7. The van der Waals surface area contributed by atoms with Gasteiger partial charge in [-0.05, 0) is 55.5 Å². The first-order valence-electron chi connectivity index (χ1n) is 7.95. The van der Waals surface area contributed by atoms with Crippen LogP contribution in [0.3, 0.4) is 0 Å². The summed E-state index contributed by atoms with van der Waals surface area (Å²) in [7, 11) is 0. The zero-order valence-electron chi connectivity index (χ0n) is 13.2. The summed E-state index contributed by atoms with van der Waals surface area (Å²) in [6, 6.07) is 6.96. The molecule has 6 heteroatoms. The number of esters is 1. The molecular weight excluding hydrogens is 324 g/mol. The van der Waals surface area contributed by atoms with E-state index in [0.29, 0.717) is 11.6 Å². The predicted molar refractivity (Wildman–Crippen MR) is 93.6 cm³/mol. The first kappa shape index (κ1) is 15.1. The molecule has 1 aliphatic carbocycles. The van der Waals surface area contributed by atoms with Gasteiger partial charge >= 0.3 is 5.97 Å². The van der Waals surface area contributed by atoms with E-state index in [4.69, 9.17) is 4.74 Å². The predicted octanol–water partition coefficient (Wildman–Crippen LogP) is 3.46. The van der Waals surface area contributed by atoms with Crippen LogP contribution in [0.5, 0.6) is 5.75 Å². The van der Waals surface area contributed by atoms with Gasteiger partial charge < -0.3 is 9.72 Å². The maximum atomic E-state index is 12.6. The number of hydrogen-bond donors (Lipinski definition) is 1. The van der Waals surface area contributed by atoms with E-state index < -0.39 is 0 Å². The number of ether oxygens (including phenoxy) is 1. The average Bonchev–Trinajstić information content (AvgIpc) is 2.93. The summed E-state index contributed by atoms with van der Waals surface area (Å²) in [6.07, 6.45) is 4.33. The minimum Gasteiger partial charge on any atom is -0.427 e. The van der Waals surface area contributed by atoms with Crippen LogP contribution in [-0.4, -0.2) is 15.9 Å². The van der Waals surface area contributed by atoms with Crippen LogP contribution in [0.15, 0.2) is 29.1 Å². The molecule has 0 fully saturated rings. The fourth-order valence-corrected chi connectivity index (χ4v) is 4.41. The molecule has 0 amide bonds. The number of hydrogen-bond acceptors (Lipinski definition) is 5. The highest BCUT2D eigenvalue weighted by atomic mass is 32.1. The second-order valence-corrected chi connectivity index (χ2v) is 7.01. The zero-order valence-corrected chi connectivity index (χ0v) is 14.0. The van der Waals surface area contributed by atoms with Gasteiger partial charge in [-0.2, -0.15) is 0 Å². The van der Waals surface area contributed by atoms with Crippen LogP contribution in [0.1, 0.15) is 30.2 Å². The number of nitrogens with one attached hydrogen (secondary N) is 1. The Labute approximate surface area is 142 Å². The van der Waals surface area contributed by atoms with Gasteiger partial charge in [0.25, 0.3) is 5.56 Å². The molecule has 122 valence electrons. The lowest BCUT2D eigenvalue weighted by molar-refractivity contribution is -0.131. The van der Waals surface area contributed by atoms with Gasteiger partial charge in [0.15, 0.2) is 0 Å². The maximum absolute atomic E-state index is 12.6. The van der Waals surface area contributed by atoms with Gasteiger partial charge in [0, 0.05) is 17.4 Å². The minimum absolute atomic E-state index is 0.0709. The van der Waals surface area contributed by atoms with E-state index in [2.05, 4.69) is 9.97 Å². The third-order valence-electron chi connectivity index (χ3n) is 4.21. The minimum atomic E-state index is -0.361. The lowest BCUT2D eigenvalue weighted by Crippen LogP contribution is -2.11. The van der Waals surface area contributed by atoms with Crippen LogP contribution in [0.4, 0.5) is 0 Å². The highest BCUT2D eigenvalue weighted by Gasteiger charge is 2.20. The standard InChI is InChI=1S/C18H16N2O3S/c1-10(21)23-12-8-6-11(7-9-12)16-19-17(22)15-13-4-2-3-5-14(13)24-18(15)20-16/h6-9H,2-5H2,1H3,(H,19,20,22). The van der Waals surface area contributed by atoms with E-state index in [0.717, 1.165) is 35.0 Å². The summed E-state index contributed by atoms with van der Waals surface area (Å²) >= 11 is 1.63. The highest BCUT2D eigenvalue weighted by molar-refractivity contribution is 7.18. The van der Waals surface area contributed by atoms with E-state index in [-0.39, 0.29) is 11.5 Å². The number of benzene rings is 1. The molecular formula is C18H16N2O3S. The molecule has 0 spiro atoms. The van der Waals surface area contributed by atoms with E-state index in [1.54, 1.807) is 35.6 Å². The molecule has 1 aliphatic rings. The van der Waals surface area contributed by atoms with Gasteiger partial charge in [0.05, 0.1) is 5.39 Å². The Hall–Kier alpha value is -2.47. The number of thiophene rings is 1. The molecule has 0 bridgehead atoms. The Morgan fingerprint density at radius 1 is 1.21 bits per heavy atom. The monoisotopic (exact) mass is 340 g/mol. The van der Waals surface area contributed by atoms with Crippen molar-refractivity contribution in [2.45, 2.75) is 32.6 Å². The number of fused-ring (bicyclic) bond motifs is 3. The van der Waals surface area contributed by atoms with Crippen molar-refractivity contribution in [3.8, 4) is 17.1 Å². The summed E-state index contributed by atoms with van der Waals surface area (Å²) in [6.45, 7) is 1.36. The Morgan fingerprint density at radius 3 is 2.71 bits per heavy atom. The third kappa shape index (κ3) is 2.63. The molecule has 0 saturated heterocycles. The first-order valence-corrected chi connectivity index (χ1v) is 8.77. The van der Waals surface area contributed by atoms with E-state index in [9.17, 15) is 9.59 Å². The smallest absolute Gasteiger partial charge is 0.308 e. The molecule has 0 saturated carbocycles. The number of aryl methyl sites for hydroxylation is 2. The van der Waals surface area contributed by atoms with Crippen molar-refractivity contribution in [1.29, 1.82) is 0 Å². The SMILES string of the molecule is CC(=O)Oc1ccc(-c2nc3sc4c(c3c(=O)[nH]2)CCCC4)cc1. The lowest BCUT2D eigenvalue weighted by atomic mass is 9.97. The fraction of sp³-hybridized carbons (Fsp3) is 0.278. The van der Waals surface area contributed by atoms with Crippen molar-refractivity contribution < 1.29 is 9.53 Å². The average molecular weight is 340 g/mol. The topological polar surface area (TPSA) is 72.0 Å². The quantitative estimate of drug-likeness (QED) is 0.573. The summed E-state index contributed by atoms with van der Waals surface area (Å²) < 4.78 is 5.02. The number of aromatic nitrogens is 2. The van der Waals surface area contributed by atoms with Gasteiger partial charge in [-0.25, -0.2) is 4.98 Å². The highest BCUT2D eigenvalue weighted by Crippen LogP contribution is 2.34. The number of carbonyl (C=O) groups excluding carboxylic acids is 1. The van der Waals surface area contributed by atoms with Crippen molar-refractivity contribution in [2.75, 3.05) is 0 Å². The van der Waals surface area contributed by atoms with Crippen molar-refractivity contribution in [3.63, 3.8) is 0 Å². The van der Waals surface area contributed by atoms with Gasteiger partial charge in [-0.1, -0.05) is 0 Å². The van der Waals surface area contributed by atoms with Crippen LogP contribution < -0.4 is 10.3 Å². The molecule has 0 atom stereocenters. The van der Waals surface area contributed by atoms with Crippen LogP contribution in [0.2, 0.25) is 0 Å². The second-order valence-electron chi connectivity index (χ2n) is 5.92. The second kappa shape index (κ2) is 5.87. The Morgan fingerprint density at radius 2 is 1.96 bits per heavy atom. The molecule has 2 aromatic heterocycles. The van der Waals surface area contributed by atoms with Crippen molar-refractivity contribution in [1.82, 2.24) is 9.97 Å². The Bertz CT molecular complexity index is 986. The van der Waals surface area contributed by atoms with Gasteiger partial charge in [0.1, 0.15) is 16.4 Å². The lowest BCUT2D eigenvalue weighted by Gasteiger charge is -2.09. The van der Waals surface area contributed by atoms with Crippen molar-refractivity contribution in [2.24, 2.45) is 0 Å². The summed E-state index contributed by atoms with van der Waals surface area (Å²) in [4.78, 5) is 33.2. The maximum Gasteiger partial charge on any atom is 0.308 e. The van der Waals surface area contributed by atoms with Gasteiger partial charge in [0.2, 0.25) is 0 Å². The molecule has 1 aromatic carbocycles. The molecule has 0 aliphatic heterocycles. The molecule has 0 unspecified atom stereocenters. The largest absolute Gasteiger partial charge is 0.427 e. The van der Waals surface area contributed by atoms with Gasteiger partial charge in [-0.3, -0.25) is 9.59 Å². The summed E-state index contributed by atoms with van der Waals surface area (Å²) in [5, 5.41) is 0.759. The molecule has 24 heavy (non-hydrogen) atoms. The number of carbonyl (C=O) groups is 1. The van der Waals surface area contributed by atoms with E-state index in [1.807, 2.05) is 0 Å². The number of H-pyrrole nitrogens is 1. The fourth-order valence-electron chi connectivity index (χ4n) is 3.15. The Kier molecular flexibility index (Phi) is 3.69. The summed E-state index contributed by atoms with van der Waals surface area (Å²) in [5.41, 5.74) is 1.90. The van der Waals surface area contributed by atoms with Crippen molar-refractivity contribution in [3.05, 3.63) is 45.1 Å². The van der Waals surface area contributed by atoms with Crippen LogP contribution in [0, 0.1) is 0 Å². The molecule has 5 nitrogen and oxygen atoms in total.